The highest BCUT2D eigenvalue weighted by atomic mass is 32.1. The van der Waals surface area contributed by atoms with Crippen LogP contribution >= 0.6 is 11.3 Å². The minimum absolute atomic E-state index is 0.590. The average Bonchev–Trinajstić information content (AvgIpc) is 2.93. The molecule has 1 unspecified atom stereocenters. The topological polar surface area (TPSA) is 37.4 Å². The number of anilines is 1. The van der Waals surface area contributed by atoms with Gasteiger partial charge in [0, 0.05) is 37.7 Å². The maximum absolute atomic E-state index is 5.05. The highest BCUT2D eigenvalue weighted by Crippen LogP contribution is 2.30. The molecule has 1 saturated heterocycles. The maximum atomic E-state index is 5.05. The van der Waals surface area contributed by atoms with E-state index >= 15 is 0 Å². The number of methoxy groups -OCH3 is 1. The van der Waals surface area contributed by atoms with Crippen molar-refractivity contribution in [3.63, 3.8) is 0 Å². The number of hydrogen-bond acceptors (Lipinski definition) is 5. The zero-order chi connectivity index (χ0) is 13.0. The van der Waals surface area contributed by atoms with E-state index in [9.17, 15) is 0 Å². The molecule has 0 amide bonds. The molecule has 1 atom stereocenters. The van der Waals surface area contributed by atoms with Crippen LogP contribution in [0.1, 0.15) is 23.4 Å². The summed E-state index contributed by atoms with van der Waals surface area (Å²) < 4.78 is 5.05. The van der Waals surface area contributed by atoms with Gasteiger partial charge in [-0.25, -0.2) is 4.98 Å². The highest BCUT2D eigenvalue weighted by molar-refractivity contribution is 7.15. The van der Waals surface area contributed by atoms with Crippen LogP contribution in [0.15, 0.2) is 0 Å². The van der Waals surface area contributed by atoms with Crippen LogP contribution in [0.5, 0.6) is 0 Å². The lowest BCUT2D eigenvalue weighted by molar-refractivity contribution is 0.199. The summed E-state index contributed by atoms with van der Waals surface area (Å²) in [5.41, 5.74) is 1.17. The smallest absolute Gasteiger partial charge is 0.186 e. The first-order valence-corrected chi connectivity index (χ1v) is 7.44. The fourth-order valence-corrected chi connectivity index (χ4v) is 3.33. The van der Waals surface area contributed by atoms with E-state index in [1.807, 2.05) is 11.3 Å². The van der Waals surface area contributed by atoms with Gasteiger partial charge >= 0.3 is 0 Å². The Bertz CT molecular complexity index is 361. The van der Waals surface area contributed by atoms with Crippen molar-refractivity contribution in [3.05, 3.63) is 10.6 Å². The lowest BCUT2D eigenvalue weighted by atomic mass is 10.2. The van der Waals surface area contributed by atoms with Crippen LogP contribution < -0.4 is 10.2 Å². The molecule has 1 aromatic rings. The van der Waals surface area contributed by atoms with Gasteiger partial charge in [-0.2, -0.15) is 0 Å². The van der Waals surface area contributed by atoms with Gasteiger partial charge in [0.2, 0.25) is 0 Å². The Morgan fingerprint density at radius 1 is 1.50 bits per heavy atom. The lowest BCUT2D eigenvalue weighted by Crippen LogP contribution is -2.38. The Kier molecular flexibility index (Phi) is 4.97. The molecule has 0 aliphatic carbocycles. The van der Waals surface area contributed by atoms with Gasteiger partial charge < -0.3 is 15.0 Å². The fraction of sp³-hybridized carbons (Fsp3) is 0.769. The number of hydrogen-bond donors (Lipinski definition) is 1. The van der Waals surface area contributed by atoms with Gasteiger partial charge in [0.25, 0.3) is 0 Å². The average molecular weight is 269 g/mol. The minimum atomic E-state index is 0.590. The summed E-state index contributed by atoms with van der Waals surface area (Å²) in [6, 6.07) is 0.590. The first kappa shape index (κ1) is 13.8. The molecule has 0 bridgehead atoms. The molecule has 1 aliphatic heterocycles. The third-order valence-corrected chi connectivity index (χ3v) is 4.61. The molecular weight excluding hydrogens is 246 g/mol. The SMILES string of the molecule is COCCNCC1CCCN1c1nc(C)c(C)s1. The summed E-state index contributed by atoms with van der Waals surface area (Å²) in [4.78, 5) is 8.48. The van der Waals surface area contributed by atoms with E-state index in [0.717, 1.165) is 26.2 Å². The Balaban J connectivity index is 1.90. The summed E-state index contributed by atoms with van der Waals surface area (Å²) in [5, 5.41) is 4.66. The Hall–Kier alpha value is -0.650. The van der Waals surface area contributed by atoms with Gasteiger partial charge in [0.05, 0.1) is 12.3 Å². The largest absolute Gasteiger partial charge is 0.383 e. The fourth-order valence-electron chi connectivity index (χ4n) is 2.32. The molecule has 0 saturated carbocycles. The summed E-state index contributed by atoms with van der Waals surface area (Å²) in [7, 11) is 1.74. The molecule has 1 fully saturated rings. The molecule has 1 aromatic heterocycles. The van der Waals surface area contributed by atoms with E-state index in [0.29, 0.717) is 6.04 Å². The van der Waals surface area contributed by atoms with E-state index in [1.165, 1.54) is 28.5 Å². The third-order valence-electron chi connectivity index (χ3n) is 3.50. The molecule has 1 N–H and O–H groups in total. The Morgan fingerprint density at radius 2 is 2.33 bits per heavy atom. The van der Waals surface area contributed by atoms with E-state index in [4.69, 9.17) is 4.74 Å². The second-order valence-corrected chi connectivity index (χ2v) is 6.01. The first-order chi connectivity index (χ1) is 8.72. The highest BCUT2D eigenvalue weighted by Gasteiger charge is 2.26. The van der Waals surface area contributed by atoms with E-state index in [2.05, 4.69) is 29.0 Å². The van der Waals surface area contributed by atoms with Gasteiger partial charge in [-0.1, -0.05) is 0 Å². The monoisotopic (exact) mass is 269 g/mol. The van der Waals surface area contributed by atoms with E-state index in [1.54, 1.807) is 7.11 Å². The maximum Gasteiger partial charge on any atom is 0.186 e. The van der Waals surface area contributed by atoms with Crippen LogP contribution in [0, 0.1) is 13.8 Å². The number of nitrogens with one attached hydrogen (secondary N) is 1. The summed E-state index contributed by atoms with van der Waals surface area (Å²) in [6.45, 7) is 8.12. The Labute approximate surface area is 113 Å². The number of aromatic nitrogens is 1. The van der Waals surface area contributed by atoms with Crippen LogP contribution in [-0.4, -0.2) is 44.4 Å². The van der Waals surface area contributed by atoms with Crippen molar-refractivity contribution in [2.75, 3.05) is 38.3 Å². The molecule has 0 spiro atoms. The molecule has 0 radical (unpaired) electrons. The van der Waals surface area contributed by atoms with Crippen LogP contribution in [0.3, 0.4) is 0 Å². The van der Waals surface area contributed by atoms with E-state index < -0.39 is 0 Å². The predicted molar refractivity (Wildman–Crippen MR) is 76.7 cm³/mol. The lowest BCUT2D eigenvalue weighted by Gasteiger charge is -2.24. The van der Waals surface area contributed by atoms with Crippen molar-refractivity contribution in [2.24, 2.45) is 0 Å². The number of rotatable bonds is 6. The molecule has 18 heavy (non-hydrogen) atoms. The minimum Gasteiger partial charge on any atom is -0.383 e. The number of ether oxygens (including phenoxy) is 1. The second-order valence-electron chi connectivity index (χ2n) is 4.82. The van der Waals surface area contributed by atoms with Gasteiger partial charge in [-0.05, 0) is 26.7 Å². The van der Waals surface area contributed by atoms with Gasteiger partial charge in [0.1, 0.15) is 0 Å². The number of nitrogens with zero attached hydrogens (tertiary/aromatic N) is 2. The Morgan fingerprint density at radius 3 is 3.00 bits per heavy atom. The predicted octanol–water partition coefficient (Wildman–Crippen LogP) is 1.96. The normalized spacial score (nSPS) is 19.7. The van der Waals surface area contributed by atoms with Crippen molar-refractivity contribution < 1.29 is 4.74 Å². The number of aryl methyl sites for hydroxylation is 2. The molecule has 1 aliphatic rings. The van der Waals surface area contributed by atoms with Crippen molar-refractivity contribution >= 4 is 16.5 Å². The second kappa shape index (κ2) is 6.50. The molecular formula is C13H23N3OS. The van der Waals surface area contributed by atoms with Crippen molar-refractivity contribution in [1.82, 2.24) is 10.3 Å². The number of thiazole rings is 1. The van der Waals surface area contributed by atoms with Crippen LogP contribution in [-0.2, 0) is 4.74 Å². The summed E-state index contributed by atoms with van der Waals surface area (Å²) >= 11 is 1.82. The molecule has 2 heterocycles. The summed E-state index contributed by atoms with van der Waals surface area (Å²) in [6.07, 6.45) is 2.53. The van der Waals surface area contributed by atoms with Crippen molar-refractivity contribution in [1.29, 1.82) is 0 Å². The van der Waals surface area contributed by atoms with Crippen molar-refractivity contribution in [3.8, 4) is 0 Å². The van der Waals surface area contributed by atoms with E-state index in [-0.39, 0.29) is 0 Å². The zero-order valence-electron chi connectivity index (χ0n) is 11.5. The van der Waals surface area contributed by atoms with Gasteiger partial charge in [-0.3, -0.25) is 0 Å². The molecule has 4 nitrogen and oxygen atoms in total. The standard InChI is InChI=1S/C13H23N3OS/c1-10-11(2)18-13(15-10)16-7-4-5-12(16)9-14-6-8-17-3/h12,14H,4-9H2,1-3H3. The van der Waals surface area contributed by atoms with Crippen LogP contribution in [0.4, 0.5) is 5.13 Å². The van der Waals surface area contributed by atoms with Gasteiger partial charge in [-0.15, -0.1) is 11.3 Å². The van der Waals surface area contributed by atoms with Crippen LogP contribution in [0.2, 0.25) is 0 Å². The molecule has 102 valence electrons. The molecule has 0 aromatic carbocycles. The zero-order valence-corrected chi connectivity index (χ0v) is 12.3. The van der Waals surface area contributed by atoms with Gasteiger partial charge in [0.15, 0.2) is 5.13 Å². The molecule has 2 rings (SSSR count). The first-order valence-electron chi connectivity index (χ1n) is 6.62. The van der Waals surface area contributed by atoms with Crippen LogP contribution in [0.25, 0.3) is 0 Å². The molecule has 5 heteroatoms. The third kappa shape index (κ3) is 3.22. The quantitative estimate of drug-likeness (QED) is 0.801. The van der Waals surface area contributed by atoms with Crippen molar-refractivity contribution in [2.45, 2.75) is 32.7 Å². The summed E-state index contributed by atoms with van der Waals surface area (Å²) in [5.74, 6) is 0.